The van der Waals surface area contributed by atoms with E-state index >= 15 is 0 Å². The monoisotopic (exact) mass is 417 g/mol. The lowest BCUT2D eigenvalue weighted by molar-refractivity contribution is 0.381. The van der Waals surface area contributed by atoms with Crippen molar-refractivity contribution in [3.8, 4) is 0 Å². The summed E-state index contributed by atoms with van der Waals surface area (Å²) in [5.74, 6) is -0.272. The fourth-order valence-electron chi connectivity index (χ4n) is 2.87. The van der Waals surface area contributed by atoms with Gasteiger partial charge in [0.25, 0.3) is 10.0 Å². The summed E-state index contributed by atoms with van der Waals surface area (Å²) in [5.41, 5.74) is 0. The average Bonchev–Trinajstić information content (AvgIpc) is 3.34. The third-order valence-electron chi connectivity index (χ3n) is 4.27. The molecule has 1 fully saturated rings. The highest BCUT2D eigenvalue weighted by Gasteiger charge is 2.30. The van der Waals surface area contributed by atoms with E-state index in [1.54, 1.807) is 0 Å². The summed E-state index contributed by atoms with van der Waals surface area (Å²) in [4.78, 5) is 4.08. The van der Waals surface area contributed by atoms with Gasteiger partial charge in [-0.15, -0.1) is 0 Å². The Morgan fingerprint density at radius 1 is 1.11 bits per heavy atom. The molecule has 0 N–H and O–H groups in total. The van der Waals surface area contributed by atoms with Crippen molar-refractivity contribution in [1.29, 1.82) is 0 Å². The van der Waals surface area contributed by atoms with Crippen LogP contribution < -0.4 is 0 Å². The predicted molar refractivity (Wildman–Crippen MR) is 95.9 cm³/mol. The van der Waals surface area contributed by atoms with Crippen LogP contribution in [-0.2, 0) is 37.8 Å². The van der Waals surface area contributed by atoms with Crippen LogP contribution >= 0.6 is 0 Å². The normalized spacial score (nSPS) is 16.2. The molecule has 150 valence electrons. The highest BCUT2D eigenvalue weighted by atomic mass is 32.2. The number of nitrogens with zero attached hydrogens (tertiary/aromatic N) is 3. The van der Waals surface area contributed by atoms with Crippen LogP contribution in [0.15, 0.2) is 26.2 Å². The Morgan fingerprint density at radius 2 is 1.85 bits per heavy atom. The molecule has 0 amide bonds. The van der Waals surface area contributed by atoms with E-state index in [0.717, 1.165) is 25.7 Å². The van der Waals surface area contributed by atoms with Crippen molar-refractivity contribution in [2.24, 2.45) is 0 Å². The van der Waals surface area contributed by atoms with Gasteiger partial charge in [0.15, 0.2) is 15.7 Å². The van der Waals surface area contributed by atoms with Gasteiger partial charge in [-0.25, -0.2) is 16.8 Å². The van der Waals surface area contributed by atoms with Crippen LogP contribution in [0.5, 0.6) is 0 Å². The fraction of sp³-hybridized carbons (Fsp3) is 0.625. The van der Waals surface area contributed by atoms with Gasteiger partial charge in [0.05, 0.1) is 0 Å². The van der Waals surface area contributed by atoms with Gasteiger partial charge in [0.2, 0.25) is 11.0 Å². The molecular weight excluding hydrogens is 394 g/mol. The topological polar surface area (TPSA) is 124 Å². The minimum Gasteiger partial charge on any atom is -0.447 e. The van der Waals surface area contributed by atoms with Crippen molar-refractivity contribution in [2.45, 2.75) is 55.6 Å². The van der Waals surface area contributed by atoms with Gasteiger partial charge in [-0.3, -0.25) is 0 Å². The Balaban J connectivity index is 1.66. The zero-order chi connectivity index (χ0) is 19.5. The smallest absolute Gasteiger partial charge is 0.276 e. The summed E-state index contributed by atoms with van der Waals surface area (Å²) < 4.78 is 61.3. The Hall–Kier alpha value is -1.72. The largest absolute Gasteiger partial charge is 0.447 e. The maximum atomic E-state index is 12.4. The summed E-state index contributed by atoms with van der Waals surface area (Å²) in [7, 11) is -7.35. The summed E-state index contributed by atoms with van der Waals surface area (Å²) in [6, 6.07) is 2.68. The molecule has 0 aromatic carbocycles. The van der Waals surface area contributed by atoms with Crippen LogP contribution in [0.4, 0.5) is 0 Å². The van der Waals surface area contributed by atoms with Crippen molar-refractivity contribution < 1.29 is 25.8 Å². The predicted octanol–water partition coefficient (Wildman–Crippen LogP) is 1.90. The Kier molecular flexibility index (Phi) is 6.02. The molecule has 9 nitrogen and oxygen atoms in total. The van der Waals surface area contributed by atoms with Crippen LogP contribution in [-0.4, -0.2) is 44.4 Å². The van der Waals surface area contributed by atoms with Crippen LogP contribution in [0.25, 0.3) is 0 Å². The number of rotatable bonds is 9. The number of aromatic nitrogens is 2. The second-order valence-corrected chi connectivity index (χ2v) is 10.5. The summed E-state index contributed by atoms with van der Waals surface area (Å²) in [5, 5.41) is 3.54. The molecule has 0 unspecified atom stereocenters. The lowest BCUT2D eigenvalue weighted by Crippen LogP contribution is -2.27. The first-order valence-electron chi connectivity index (χ1n) is 8.91. The summed E-state index contributed by atoms with van der Waals surface area (Å²) >= 11 is 0. The van der Waals surface area contributed by atoms with Crippen molar-refractivity contribution in [2.75, 3.05) is 13.1 Å². The molecule has 11 heteroatoms. The molecule has 3 rings (SSSR count). The highest BCUT2D eigenvalue weighted by molar-refractivity contribution is 7.89. The lowest BCUT2D eigenvalue weighted by atomic mass is 10.2. The Labute approximate surface area is 158 Å². The molecule has 0 aliphatic carbocycles. The molecule has 1 aliphatic rings. The number of unbranched alkanes of at least 4 members (excludes halogenated alkanes) is 1. The lowest BCUT2D eigenvalue weighted by Gasteiger charge is -2.12. The zero-order valence-corrected chi connectivity index (χ0v) is 16.8. The van der Waals surface area contributed by atoms with E-state index in [2.05, 4.69) is 10.1 Å². The highest BCUT2D eigenvalue weighted by Crippen LogP contribution is 2.24. The van der Waals surface area contributed by atoms with E-state index in [4.69, 9.17) is 8.94 Å². The first kappa shape index (κ1) is 20.0. The summed E-state index contributed by atoms with van der Waals surface area (Å²) in [6.07, 6.45) is 4.13. The molecule has 1 aliphatic heterocycles. The summed E-state index contributed by atoms with van der Waals surface area (Å²) in [6.45, 7) is 2.94. The number of hydrogen-bond donors (Lipinski definition) is 0. The van der Waals surface area contributed by atoms with E-state index in [-0.39, 0.29) is 16.7 Å². The first-order valence-corrected chi connectivity index (χ1v) is 12.2. The van der Waals surface area contributed by atoms with Crippen molar-refractivity contribution in [1.82, 2.24) is 14.4 Å². The van der Waals surface area contributed by atoms with Crippen molar-refractivity contribution >= 4 is 19.9 Å². The van der Waals surface area contributed by atoms with Crippen LogP contribution in [0.2, 0.25) is 0 Å². The molecule has 0 atom stereocenters. The molecule has 2 aromatic heterocycles. The van der Waals surface area contributed by atoms with Gasteiger partial charge in [-0.1, -0.05) is 18.5 Å². The first-order chi connectivity index (χ1) is 12.8. The third kappa shape index (κ3) is 4.96. The van der Waals surface area contributed by atoms with Crippen molar-refractivity contribution in [3.63, 3.8) is 0 Å². The van der Waals surface area contributed by atoms with E-state index in [1.807, 2.05) is 6.92 Å². The second kappa shape index (κ2) is 8.11. The molecule has 0 bridgehead atoms. The molecule has 0 radical (unpaired) electrons. The third-order valence-corrected chi connectivity index (χ3v) is 7.45. The van der Waals surface area contributed by atoms with E-state index in [9.17, 15) is 16.8 Å². The van der Waals surface area contributed by atoms with Crippen LogP contribution in [0.1, 0.15) is 50.1 Å². The molecule has 27 heavy (non-hydrogen) atoms. The minimum absolute atomic E-state index is 0.0255. The van der Waals surface area contributed by atoms with Gasteiger partial charge in [0, 0.05) is 19.5 Å². The number of aryl methyl sites for hydroxylation is 1. The van der Waals surface area contributed by atoms with E-state index in [0.29, 0.717) is 25.3 Å². The SMILES string of the molecule is CCCCc1noc(CS(=O)(=O)Cc2ccc(S(=O)(=O)N3CCCC3)o2)n1. The average molecular weight is 418 g/mol. The Bertz CT molecular complexity index is 971. The van der Waals surface area contributed by atoms with Gasteiger partial charge in [-0.2, -0.15) is 9.29 Å². The van der Waals surface area contributed by atoms with Crippen LogP contribution in [0, 0.1) is 0 Å². The number of sulfonamides is 1. The van der Waals surface area contributed by atoms with Gasteiger partial charge in [0.1, 0.15) is 17.3 Å². The van der Waals surface area contributed by atoms with Gasteiger partial charge < -0.3 is 8.94 Å². The minimum atomic E-state index is -3.71. The zero-order valence-electron chi connectivity index (χ0n) is 15.1. The van der Waals surface area contributed by atoms with E-state index in [1.165, 1.54) is 16.4 Å². The molecule has 0 saturated carbocycles. The van der Waals surface area contributed by atoms with Crippen LogP contribution in [0.3, 0.4) is 0 Å². The van der Waals surface area contributed by atoms with Gasteiger partial charge >= 0.3 is 0 Å². The Morgan fingerprint density at radius 3 is 2.56 bits per heavy atom. The van der Waals surface area contributed by atoms with Crippen molar-refractivity contribution in [3.05, 3.63) is 29.6 Å². The number of furan rings is 1. The maximum absolute atomic E-state index is 12.4. The maximum Gasteiger partial charge on any atom is 0.276 e. The second-order valence-electron chi connectivity index (χ2n) is 6.57. The quantitative estimate of drug-likeness (QED) is 0.606. The number of sulfone groups is 1. The number of hydrogen-bond acceptors (Lipinski definition) is 8. The van der Waals surface area contributed by atoms with E-state index < -0.39 is 31.4 Å². The standard InChI is InChI=1S/C16H23N3O6S2/c1-2-3-6-14-17-15(25-18-14)12-26(20,21)11-13-7-8-16(24-13)27(22,23)19-9-4-5-10-19/h7-8H,2-6,9-12H2,1H3. The molecule has 2 aromatic rings. The fourth-order valence-corrected chi connectivity index (χ4v) is 5.50. The molecule has 0 spiro atoms. The van der Waals surface area contributed by atoms with Gasteiger partial charge in [-0.05, 0) is 31.4 Å². The molecular formula is C16H23N3O6S2. The molecule has 3 heterocycles. The molecule has 1 saturated heterocycles.